The van der Waals surface area contributed by atoms with Crippen LogP contribution in [0.15, 0.2) is 72.9 Å². The zero-order chi connectivity index (χ0) is 27.2. The molecule has 0 bridgehead atoms. The SMILES string of the molecule is O=C(CC(c1cccc(Oc2ccc(Cl)cc2)c1)c1c[nH]c2ccc([N+](=O)[O-])cc12)NCCN1CCOCC1. The van der Waals surface area contributed by atoms with E-state index in [4.69, 9.17) is 21.1 Å². The molecule has 0 radical (unpaired) electrons. The van der Waals surface area contributed by atoms with Crippen LogP contribution in [0.4, 0.5) is 5.69 Å². The molecule has 10 heteroatoms. The van der Waals surface area contributed by atoms with Crippen LogP contribution < -0.4 is 10.1 Å². The summed E-state index contributed by atoms with van der Waals surface area (Å²) in [7, 11) is 0. The van der Waals surface area contributed by atoms with Gasteiger partial charge in [0.15, 0.2) is 0 Å². The average molecular weight is 549 g/mol. The van der Waals surface area contributed by atoms with Crippen molar-refractivity contribution in [3.8, 4) is 11.5 Å². The van der Waals surface area contributed by atoms with E-state index < -0.39 is 4.92 Å². The van der Waals surface area contributed by atoms with Crippen LogP contribution in [0.2, 0.25) is 5.02 Å². The molecule has 0 spiro atoms. The van der Waals surface area contributed by atoms with Crippen LogP contribution in [0.25, 0.3) is 10.9 Å². The zero-order valence-electron chi connectivity index (χ0n) is 21.3. The number of benzene rings is 3. The Morgan fingerprint density at radius 2 is 1.90 bits per heavy atom. The molecule has 1 aliphatic rings. The number of nitro groups is 1. The molecule has 0 aliphatic carbocycles. The number of nitrogens with one attached hydrogen (secondary N) is 2. The minimum absolute atomic E-state index is 0.00288. The Labute approximate surface area is 230 Å². The first-order valence-electron chi connectivity index (χ1n) is 12.8. The van der Waals surface area contributed by atoms with E-state index >= 15 is 0 Å². The van der Waals surface area contributed by atoms with Crippen molar-refractivity contribution in [1.82, 2.24) is 15.2 Å². The van der Waals surface area contributed by atoms with E-state index in [0.717, 1.165) is 36.3 Å². The fourth-order valence-corrected chi connectivity index (χ4v) is 4.93. The number of aromatic nitrogens is 1. The molecule has 5 rings (SSSR count). The van der Waals surface area contributed by atoms with Crippen molar-refractivity contribution in [1.29, 1.82) is 0 Å². The Balaban J connectivity index is 1.41. The van der Waals surface area contributed by atoms with E-state index in [1.54, 1.807) is 36.4 Å². The van der Waals surface area contributed by atoms with Crippen LogP contribution in [0.3, 0.4) is 0 Å². The summed E-state index contributed by atoms with van der Waals surface area (Å²) in [4.78, 5) is 29.7. The average Bonchev–Trinajstić information content (AvgIpc) is 3.37. The lowest BCUT2D eigenvalue weighted by Gasteiger charge is -2.26. The lowest BCUT2D eigenvalue weighted by atomic mass is 9.87. The minimum atomic E-state index is -0.413. The largest absolute Gasteiger partial charge is 0.457 e. The Morgan fingerprint density at radius 3 is 2.67 bits per heavy atom. The lowest BCUT2D eigenvalue weighted by molar-refractivity contribution is -0.384. The van der Waals surface area contributed by atoms with E-state index in [1.165, 1.54) is 6.07 Å². The number of H-pyrrole nitrogens is 1. The Bertz CT molecular complexity index is 1450. The van der Waals surface area contributed by atoms with Crippen molar-refractivity contribution < 1.29 is 19.2 Å². The maximum absolute atomic E-state index is 13.2. The molecule has 1 atom stereocenters. The third-order valence-electron chi connectivity index (χ3n) is 6.84. The van der Waals surface area contributed by atoms with Gasteiger partial charge in [-0.25, -0.2) is 0 Å². The van der Waals surface area contributed by atoms with E-state index in [-0.39, 0.29) is 23.9 Å². The molecule has 4 aromatic rings. The third-order valence-corrected chi connectivity index (χ3v) is 7.09. The van der Waals surface area contributed by atoms with Gasteiger partial charge in [0.05, 0.1) is 18.1 Å². The molecule has 1 unspecified atom stereocenters. The number of aromatic amines is 1. The zero-order valence-corrected chi connectivity index (χ0v) is 22.0. The van der Waals surface area contributed by atoms with Crippen molar-refractivity contribution in [2.24, 2.45) is 0 Å². The number of ether oxygens (including phenoxy) is 2. The van der Waals surface area contributed by atoms with Gasteiger partial charge in [-0.2, -0.15) is 0 Å². The Hall–Kier alpha value is -3.92. The summed E-state index contributed by atoms with van der Waals surface area (Å²) in [5.41, 5.74) is 2.43. The predicted octanol–water partition coefficient (Wildman–Crippen LogP) is 5.49. The number of rotatable bonds is 10. The Kier molecular flexibility index (Phi) is 8.41. The molecule has 9 nitrogen and oxygen atoms in total. The first kappa shape index (κ1) is 26.7. The number of morpholine rings is 1. The van der Waals surface area contributed by atoms with E-state index in [0.29, 0.717) is 41.7 Å². The van der Waals surface area contributed by atoms with Crippen LogP contribution in [0.1, 0.15) is 23.5 Å². The van der Waals surface area contributed by atoms with Gasteiger partial charge in [-0.3, -0.25) is 19.8 Å². The van der Waals surface area contributed by atoms with Gasteiger partial charge in [0.2, 0.25) is 5.91 Å². The predicted molar refractivity (Wildman–Crippen MR) is 150 cm³/mol. The first-order chi connectivity index (χ1) is 19.0. The van der Waals surface area contributed by atoms with Gasteiger partial charge < -0.3 is 19.8 Å². The van der Waals surface area contributed by atoms with Crippen LogP contribution >= 0.6 is 11.6 Å². The molecule has 39 heavy (non-hydrogen) atoms. The van der Waals surface area contributed by atoms with Crippen molar-refractivity contribution in [2.75, 3.05) is 39.4 Å². The quantitative estimate of drug-likeness (QED) is 0.200. The number of non-ortho nitro benzene ring substituents is 1. The number of halogens is 1. The van der Waals surface area contributed by atoms with Gasteiger partial charge in [-0.05, 0) is 53.6 Å². The second-order valence-corrected chi connectivity index (χ2v) is 9.86. The maximum atomic E-state index is 13.2. The molecular weight excluding hydrogens is 520 g/mol. The van der Waals surface area contributed by atoms with Crippen molar-refractivity contribution in [3.63, 3.8) is 0 Å². The number of amides is 1. The molecule has 1 amide bonds. The number of fused-ring (bicyclic) bond motifs is 1. The highest BCUT2D eigenvalue weighted by Gasteiger charge is 2.23. The minimum Gasteiger partial charge on any atom is -0.457 e. The van der Waals surface area contributed by atoms with Gasteiger partial charge in [0.25, 0.3) is 5.69 Å². The summed E-state index contributed by atoms with van der Waals surface area (Å²) in [6.45, 7) is 4.41. The molecule has 2 N–H and O–H groups in total. The number of nitrogens with zero attached hydrogens (tertiary/aromatic N) is 2. The summed E-state index contributed by atoms with van der Waals surface area (Å²) in [5, 5.41) is 15.8. The lowest BCUT2D eigenvalue weighted by Crippen LogP contribution is -2.41. The standard InChI is InChI=1S/C29H29ClN4O5/c30-21-4-7-23(8-5-21)39-24-3-1-2-20(16-24)25(18-29(35)31-10-11-33-12-14-38-15-13-33)27-19-32-28-9-6-22(34(36)37)17-26(27)28/h1-9,16-17,19,25,32H,10-15,18H2,(H,31,35). The first-order valence-corrected chi connectivity index (χ1v) is 13.2. The maximum Gasteiger partial charge on any atom is 0.270 e. The van der Waals surface area contributed by atoms with Gasteiger partial charge in [-0.15, -0.1) is 0 Å². The van der Waals surface area contributed by atoms with Gasteiger partial charge >= 0.3 is 0 Å². The third kappa shape index (κ3) is 6.75. The summed E-state index contributed by atoms with van der Waals surface area (Å²) in [5.74, 6) is 0.782. The molecule has 1 aliphatic heterocycles. The van der Waals surface area contributed by atoms with Crippen LogP contribution in [-0.2, 0) is 9.53 Å². The van der Waals surface area contributed by atoms with Crippen LogP contribution in [0.5, 0.6) is 11.5 Å². The topological polar surface area (TPSA) is 110 Å². The Morgan fingerprint density at radius 1 is 1.10 bits per heavy atom. The number of carbonyl (C=O) groups is 1. The smallest absolute Gasteiger partial charge is 0.270 e. The van der Waals surface area contributed by atoms with Gasteiger partial charge in [-0.1, -0.05) is 23.7 Å². The second kappa shape index (κ2) is 12.3. The summed E-state index contributed by atoms with van der Waals surface area (Å²) < 4.78 is 11.4. The summed E-state index contributed by atoms with van der Waals surface area (Å²) in [6.07, 6.45) is 2.00. The van der Waals surface area contributed by atoms with Crippen LogP contribution in [-0.4, -0.2) is 60.1 Å². The molecule has 3 aromatic carbocycles. The number of hydrogen-bond donors (Lipinski definition) is 2. The summed E-state index contributed by atoms with van der Waals surface area (Å²) in [6, 6.07) is 19.4. The molecule has 1 saturated heterocycles. The monoisotopic (exact) mass is 548 g/mol. The number of hydrogen-bond acceptors (Lipinski definition) is 6. The normalized spacial score (nSPS) is 14.7. The summed E-state index contributed by atoms with van der Waals surface area (Å²) >= 11 is 6.00. The second-order valence-electron chi connectivity index (χ2n) is 9.42. The molecular formula is C29H29ClN4O5. The van der Waals surface area contributed by atoms with Crippen LogP contribution in [0, 0.1) is 10.1 Å². The van der Waals surface area contributed by atoms with Crippen molar-refractivity contribution in [2.45, 2.75) is 12.3 Å². The van der Waals surface area contributed by atoms with Gasteiger partial charge in [0.1, 0.15) is 11.5 Å². The van der Waals surface area contributed by atoms with Crippen molar-refractivity contribution >= 4 is 34.1 Å². The molecule has 1 fully saturated rings. The number of nitro benzene ring substituents is 1. The highest BCUT2D eigenvalue weighted by atomic mass is 35.5. The van der Waals surface area contributed by atoms with Crippen molar-refractivity contribution in [3.05, 3.63) is 99.2 Å². The number of carbonyl (C=O) groups excluding carboxylic acids is 1. The van der Waals surface area contributed by atoms with E-state index in [2.05, 4.69) is 15.2 Å². The van der Waals surface area contributed by atoms with Gasteiger partial charge in [0, 0.05) is 72.8 Å². The molecule has 2 heterocycles. The van der Waals surface area contributed by atoms with E-state index in [1.807, 2.05) is 30.5 Å². The highest BCUT2D eigenvalue weighted by Crippen LogP contribution is 2.36. The molecule has 0 saturated carbocycles. The fourth-order valence-electron chi connectivity index (χ4n) is 4.81. The highest BCUT2D eigenvalue weighted by molar-refractivity contribution is 6.30. The van der Waals surface area contributed by atoms with E-state index in [9.17, 15) is 14.9 Å². The fraction of sp³-hybridized carbons (Fsp3) is 0.276. The molecule has 202 valence electrons. The molecule has 1 aromatic heterocycles.